The van der Waals surface area contributed by atoms with Gasteiger partial charge < -0.3 is 35.0 Å². The van der Waals surface area contributed by atoms with Crippen molar-refractivity contribution in [2.24, 2.45) is 0 Å². The van der Waals surface area contributed by atoms with Crippen molar-refractivity contribution >= 4 is 47.3 Å². The molecule has 0 spiro atoms. The van der Waals surface area contributed by atoms with Crippen LogP contribution in [0.15, 0.2) is 60.7 Å². The zero-order valence-corrected chi connectivity index (χ0v) is 23.8. The third-order valence-electron chi connectivity index (χ3n) is 6.68. The number of carbonyl (C=O) groups excluding carboxylic acids is 6. The van der Waals surface area contributed by atoms with Crippen molar-refractivity contribution in [3.63, 3.8) is 0 Å². The second kappa shape index (κ2) is 16.1. The number of aliphatic carboxylic acids is 2. The van der Waals surface area contributed by atoms with Crippen LogP contribution in [0.3, 0.4) is 0 Å². The summed E-state index contributed by atoms with van der Waals surface area (Å²) in [6, 6.07) is 11.1. The van der Waals surface area contributed by atoms with Gasteiger partial charge in [0.05, 0.1) is 14.2 Å². The summed E-state index contributed by atoms with van der Waals surface area (Å²) >= 11 is 0. The van der Waals surface area contributed by atoms with Crippen LogP contribution in [0.5, 0.6) is 0 Å². The molecule has 0 aromatic heterocycles. The molecular weight excluding hydrogens is 579 g/mol. The minimum absolute atomic E-state index is 0. The fourth-order valence-corrected chi connectivity index (χ4v) is 4.39. The van der Waals surface area contributed by atoms with Gasteiger partial charge in [-0.2, -0.15) is 0 Å². The van der Waals surface area contributed by atoms with Gasteiger partial charge in [-0.25, -0.2) is 19.2 Å². The number of nitrogens with zero attached hydrogens (tertiary/aromatic N) is 2. The van der Waals surface area contributed by atoms with Crippen molar-refractivity contribution in [3.05, 3.63) is 71.8 Å². The van der Waals surface area contributed by atoms with Gasteiger partial charge in [-0.05, 0) is 0 Å². The molecule has 2 fully saturated rings. The normalized spacial score (nSPS) is 19.4. The number of carbonyl (C=O) groups is 8. The van der Waals surface area contributed by atoms with Gasteiger partial charge >= 0.3 is 42.7 Å². The number of ketones is 2. The van der Waals surface area contributed by atoms with Crippen LogP contribution in [-0.2, 0) is 38.2 Å². The SMILES string of the molecule is COC(=O)[C@@H]1C[C@@H](C(=O)OC)N1C(=O)C(=O)c1ccccc1.O=C(C(=O)N1[C@H](C(=O)O)C[C@H]1C(=O)O)c1ccccc1.[Li+].[OH-]. The number of carboxylic acid groups (broad SMARTS) is 2. The van der Waals surface area contributed by atoms with Gasteiger partial charge in [0, 0.05) is 24.0 Å². The van der Waals surface area contributed by atoms with E-state index in [0.717, 1.165) is 4.90 Å². The van der Waals surface area contributed by atoms with Crippen molar-refractivity contribution in [1.82, 2.24) is 9.80 Å². The number of hydrogen-bond donors (Lipinski definition) is 2. The van der Waals surface area contributed by atoms with Gasteiger partial charge in [-0.1, -0.05) is 60.7 Å². The van der Waals surface area contributed by atoms with Crippen molar-refractivity contribution in [2.45, 2.75) is 37.0 Å². The Morgan fingerprint density at radius 2 is 0.886 bits per heavy atom. The second-order valence-electron chi connectivity index (χ2n) is 9.07. The molecule has 3 N–H and O–H groups in total. The van der Waals surface area contributed by atoms with Crippen molar-refractivity contribution in [3.8, 4) is 0 Å². The van der Waals surface area contributed by atoms with E-state index in [0.29, 0.717) is 4.90 Å². The largest absolute Gasteiger partial charge is 1.00 e. The van der Waals surface area contributed by atoms with Crippen LogP contribution in [0.25, 0.3) is 0 Å². The topological polar surface area (TPSA) is 232 Å². The second-order valence-corrected chi connectivity index (χ2v) is 9.07. The molecule has 2 aromatic rings. The zero-order chi connectivity index (χ0) is 31.1. The number of rotatable bonds is 8. The Morgan fingerprint density at radius 3 is 1.18 bits per heavy atom. The number of esters is 2. The predicted molar refractivity (Wildman–Crippen MR) is 141 cm³/mol. The van der Waals surface area contributed by atoms with Crippen LogP contribution in [0.1, 0.15) is 33.6 Å². The maximum atomic E-state index is 12.3. The van der Waals surface area contributed by atoms with Crippen LogP contribution in [0.4, 0.5) is 0 Å². The van der Waals surface area contributed by atoms with Crippen molar-refractivity contribution in [1.29, 1.82) is 0 Å². The number of amides is 2. The summed E-state index contributed by atoms with van der Waals surface area (Å²) in [5.74, 6) is -7.73. The third kappa shape index (κ3) is 7.75. The van der Waals surface area contributed by atoms with E-state index in [1.165, 1.54) is 38.5 Å². The quantitative estimate of drug-likeness (QED) is 0.132. The van der Waals surface area contributed by atoms with Crippen LogP contribution >= 0.6 is 0 Å². The summed E-state index contributed by atoms with van der Waals surface area (Å²) in [4.78, 5) is 95.2. The first-order valence-electron chi connectivity index (χ1n) is 12.4. The first kappa shape index (κ1) is 37.2. The summed E-state index contributed by atoms with van der Waals surface area (Å²) in [5.41, 5.74) is 0.282. The van der Waals surface area contributed by atoms with Gasteiger partial charge in [-0.15, -0.1) is 0 Å². The maximum Gasteiger partial charge on any atom is 1.00 e. The van der Waals surface area contributed by atoms with E-state index in [-0.39, 0.29) is 48.3 Å². The number of carboxylic acids is 2. The predicted octanol–water partition coefficient (Wildman–Crippen LogP) is -2.98. The van der Waals surface area contributed by atoms with E-state index in [9.17, 15) is 38.4 Å². The first-order chi connectivity index (χ1) is 19.9. The molecule has 0 bridgehead atoms. The Hall–Kier alpha value is -4.84. The van der Waals surface area contributed by atoms with E-state index < -0.39 is 71.4 Å². The van der Waals surface area contributed by atoms with E-state index in [4.69, 9.17) is 10.2 Å². The van der Waals surface area contributed by atoms with Gasteiger partial charge in [0.2, 0.25) is 11.6 Å². The summed E-state index contributed by atoms with van der Waals surface area (Å²) in [7, 11) is 2.35. The summed E-state index contributed by atoms with van der Waals surface area (Å²) in [6.45, 7) is 0. The Balaban J connectivity index is 0.000000422. The summed E-state index contributed by atoms with van der Waals surface area (Å²) in [6.07, 6.45) is -0.119. The average molecular weight is 606 g/mol. The summed E-state index contributed by atoms with van der Waals surface area (Å²) in [5, 5.41) is 17.8. The number of hydrogen-bond acceptors (Lipinski definition) is 11. The number of Topliss-reactive ketones (excluding diaryl/α,β-unsaturated/α-hetero) is 2. The first-order valence-corrected chi connectivity index (χ1v) is 12.4. The Kier molecular flexibility index (Phi) is 13.6. The van der Waals surface area contributed by atoms with Crippen LogP contribution < -0.4 is 18.9 Å². The summed E-state index contributed by atoms with van der Waals surface area (Å²) < 4.78 is 9.17. The molecule has 0 saturated carbocycles. The Morgan fingerprint density at radius 1 is 0.591 bits per heavy atom. The molecule has 4 rings (SSSR count). The standard InChI is InChI=1S/C15H15NO6.C13H11NO6.Li.H2O/c1-21-14(19)10-8-11(15(20)22-2)16(10)13(18)12(17)9-6-4-3-5-7-9;15-10(7-4-2-1-3-5-7)11(16)14-8(12(17)18)6-9(14)13(19)20;;/h3-7,10-11H,8H2,1-2H3;1-5,8-9H,6H2,(H,17,18)(H,19,20);;1H2/q;;+1;/p-1/t10-,11-;8-,9-;;/m00../s1. The third-order valence-corrected chi connectivity index (χ3v) is 6.68. The van der Waals surface area contributed by atoms with E-state index in [1.807, 2.05) is 0 Å². The fraction of sp³-hybridized carbons (Fsp3) is 0.286. The van der Waals surface area contributed by atoms with Gasteiger partial charge in [0.25, 0.3) is 11.8 Å². The van der Waals surface area contributed by atoms with Crippen molar-refractivity contribution < 1.29 is 82.4 Å². The van der Waals surface area contributed by atoms with Gasteiger partial charge in [0.1, 0.15) is 24.2 Å². The fourth-order valence-electron chi connectivity index (χ4n) is 4.39. The number of methoxy groups -OCH3 is 2. The molecule has 2 aliphatic heterocycles. The molecule has 44 heavy (non-hydrogen) atoms. The molecule has 2 saturated heterocycles. The maximum absolute atomic E-state index is 12.3. The molecule has 2 amide bonds. The molecule has 2 aromatic carbocycles. The molecule has 15 nitrogen and oxygen atoms in total. The van der Waals surface area contributed by atoms with E-state index in [1.54, 1.807) is 36.4 Å². The van der Waals surface area contributed by atoms with Crippen LogP contribution in [-0.4, -0.2) is 111 Å². The van der Waals surface area contributed by atoms with Crippen LogP contribution in [0, 0.1) is 0 Å². The van der Waals surface area contributed by atoms with Crippen LogP contribution in [0.2, 0.25) is 0 Å². The number of benzene rings is 2. The molecule has 16 heteroatoms. The monoisotopic (exact) mass is 606 g/mol. The molecule has 0 unspecified atom stereocenters. The molecule has 228 valence electrons. The van der Waals surface area contributed by atoms with Gasteiger partial charge in [0.15, 0.2) is 0 Å². The molecule has 0 radical (unpaired) electrons. The number of likely N-dealkylation sites (tertiary alicyclic amines) is 2. The van der Waals surface area contributed by atoms with Crippen molar-refractivity contribution in [2.75, 3.05) is 14.2 Å². The Labute approximate surface area is 262 Å². The molecule has 2 aliphatic rings. The molecule has 4 atom stereocenters. The van der Waals surface area contributed by atoms with Gasteiger partial charge in [-0.3, -0.25) is 19.2 Å². The molecular formula is C28H27LiN2O13. The number of ether oxygens (including phenoxy) is 2. The smallest absolute Gasteiger partial charge is 0.870 e. The minimum Gasteiger partial charge on any atom is -0.870 e. The van der Waals surface area contributed by atoms with E-state index >= 15 is 0 Å². The Bertz CT molecular complexity index is 1380. The molecule has 2 heterocycles. The van der Waals surface area contributed by atoms with E-state index in [2.05, 4.69) is 9.47 Å². The average Bonchev–Trinajstić information content (AvgIpc) is 2.95. The zero-order valence-electron chi connectivity index (χ0n) is 23.8. The molecule has 0 aliphatic carbocycles. The minimum atomic E-state index is -1.32.